The number of aromatic nitrogens is 2. The first kappa shape index (κ1) is 13.7. The van der Waals surface area contributed by atoms with Crippen molar-refractivity contribution in [2.75, 3.05) is 0 Å². The summed E-state index contributed by atoms with van der Waals surface area (Å²) in [5.74, 6) is 0. The van der Waals surface area contributed by atoms with E-state index in [2.05, 4.69) is 21.8 Å². The molecule has 3 heterocycles. The molecule has 0 aliphatic heterocycles. The number of fused-ring (bicyclic) bond motifs is 1. The van der Waals surface area contributed by atoms with E-state index in [0.717, 1.165) is 22.2 Å². The van der Waals surface area contributed by atoms with Crippen LogP contribution in [0.4, 0.5) is 0 Å². The number of H-pyrrole nitrogens is 1. The summed E-state index contributed by atoms with van der Waals surface area (Å²) in [6, 6.07) is 2.08. The lowest BCUT2D eigenvalue weighted by molar-refractivity contribution is 0.654. The van der Waals surface area contributed by atoms with Crippen molar-refractivity contribution >= 4 is 45.1 Å². The lowest BCUT2D eigenvalue weighted by Crippen LogP contribution is -2.23. The first-order valence-electron chi connectivity index (χ1n) is 6.32. The van der Waals surface area contributed by atoms with Crippen molar-refractivity contribution in [1.82, 2.24) is 9.55 Å². The van der Waals surface area contributed by atoms with Gasteiger partial charge in [-0.15, -0.1) is 11.3 Å². The quantitative estimate of drug-likeness (QED) is 0.739. The van der Waals surface area contributed by atoms with E-state index in [1.165, 1.54) is 10.4 Å². The van der Waals surface area contributed by atoms with Crippen molar-refractivity contribution in [3.8, 4) is 0 Å². The molecule has 0 radical (unpaired) electrons. The van der Waals surface area contributed by atoms with E-state index in [4.69, 9.17) is 12.2 Å². The van der Waals surface area contributed by atoms with Gasteiger partial charge >= 0.3 is 0 Å². The Morgan fingerprint density at radius 1 is 1.40 bits per heavy atom. The summed E-state index contributed by atoms with van der Waals surface area (Å²) in [4.78, 5) is 17.9. The van der Waals surface area contributed by atoms with Crippen LogP contribution in [0.15, 0.2) is 21.6 Å². The first-order valence-corrected chi connectivity index (χ1v) is 8.48. The minimum absolute atomic E-state index is 0.0285. The molecule has 3 aromatic rings. The Hall–Kier alpha value is -1.24. The van der Waals surface area contributed by atoms with Crippen molar-refractivity contribution in [1.29, 1.82) is 0 Å². The topological polar surface area (TPSA) is 37.8 Å². The van der Waals surface area contributed by atoms with Crippen LogP contribution in [0.5, 0.6) is 0 Å². The second-order valence-corrected chi connectivity index (χ2v) is 7.15. The van der Waals surface area contributed by atoms with Gasteiger partial charge < -0.3 is 4.98 Å². The highest BCUT2D eigenvalue weighted by atomic mass is 32.1. The van der Waals surface area contributed by atoms with Gasteiger partial charge in [-0.1, -0.05) is 0 Å². The molecule has 104 valence electrons. The lowest BCUT2D eigenvalue weighted by atomic mass is 10.2. The average molecular weight is 322 g/mol. The van der Waals surface area contributed by atoms with Gasteiger partial charge in [0.25, 0.3) is 5.56 Å². The molecule has 0 bridgehead atoms. The summed E-state index contributed by atoms with van der Waals surface area (Å²) in [5.41, 5.74) is 2.33. The molecule has 20 heavy (non-hydrogen) atoms. The molecule has 0 spiro atoms. The maximum Gasteiger partial charge on any atom is 0.263 e. The largest absolute Gasteiger partial charge is 0.323 e. The maximum atomic E-state index is 12.6. The van der Waals surface area contributed by atoms with Crippen LogP contribution in [-0.2, 0) is 13.0 Å². The molecule has 0 aliphatic carbocycles. The Labute approximate surface area is 129 Å². The van der Waals surface area contributed by atoms with Crippen LogP contribution in [0, 0.1) is 18.6 Å². The number of nitrogens with zero attached hydrogens (tertiary/aromatic N) is 1. The zero-order valence-corrected chi connectivity index (χ0v) is 13.7. The molecule has 0 fully saturated rings. The van der Waals surface area contributed by atoms with Gasteiger partial charge in [0.1, 0.15) is 4.83 Å². The molecule has 3 nitrogen and oxygen atoms in total. The van der Waals surface area contributed by atoms with Gasteiger partial charge in [-0.05, 0) is 60.4 Å². The Bertz CT molecular complexity index is 868. The third-order valence-electron chi connectivity index (χ3n) is 3.51. The third kappa shape index (κ3) is 2.28. The highest BCUT2D eigenvalue weighted by molar-refractivity contribution is 7.71. The Kier molecular flexibility index (Phi) is 3.62. The Morgan fingerprint density at radius 3 is 2.90 bits per heavy atom. The van der Waals surface area contributed by atoms with E-state index in [1.807, 2.05) is 13.8 Å². The molecule has 0 aliphatic rings. The van der Waals surface area contributed by atoms with Gasteiger partial charge in [-0.3, -0.25) is 9.36 Å². The minimum atomic E-state index is 0.0285. The van der Waals surface area contributed by atoms with Gasteiger partial charge in [0.05, 0.1) is 5.39 Å². The smallest absolute Gasteiger partial charge is 0.263 e. The summed E-state index contributed by atoms with van der Waals surface area (Å²) in [7, 11) is 0. The second kappa shape index (κ2) is 5.27. The fourth-order valence-corrected chi connectivity index (χ4v) is 4.34. The fraction of sp³-hybridized carbons (Fsp3) is 0.286. The van der Waals surface area contributed by atoms with Crippen LogP contribution in [0.2, 0.25) is 0 Å². The standard InChI is InChI=1S/C14H14N2OS3/c1-8-9(2)20-12-11(8)13(17)16(14(18)15-12)5-3-10-4-6-19-7-10/h4,6-7H,3,5H2,1-2H3,(H,15,18). The number of hydrogen-bond acceptors (Lipinski definition) is 4. The number of aromatic amines is 1. The Morgan fingerprint density at radius 2 is 2.20 bits per heavy atom. The number of nitrogens with one attached hydrogen (secondary N) is 1. The van der Waals surface area contributed by atoms with Gasteiger partial charge in [0.2, 0.25) is 0 Å². The van der Waals surface area contributed by atoms with Gasteiger partial charge in [-0.2, -0.15) is 11.3 Å². The number of thiophene rings is 2. The van der Waals surface area contributed by atoms with Crippen LogP contribution < -0.4 is 5.56 Å². The van der Waals surface area contributed by atoms with Crippen LogP contribution >= 0.6 is 34.9 Å². The summed E-state index contributed by atoms with van der Waals surface area (Å²) in [6.45, 7) is 4.65. The molecule has 0 amide bonds. The number of aryl methyl sites for hydroxylation is 3. The summed E-state index contributed by atoms with van der Waals surface area (Å²) in [6.07, 6.45) is 0.828. The molecule has 0 unspecified atom stereocenters. The zero-order valence-electron chi connectivity index (χ0n) is 11.2. The van der Waals surface area contributed by atoms with E-state index >= 15 is 0 Å². The maximum absolute atomic E-state index is 12.6. The average Bonchev–Trinajstić information content (AvgIpc) is 2.99. The molecule has 3 aromatic heterocycles. The van der Waals surface area contributed by atoms with Crippen molar-refractivity contribution in [3.63, 3.8) is 0 Å². The van der Waals surface area contributed by atoms with E-state index in [1.54, 1.807) is 27.2 Å². The summed E-state index contributed by atoms with van der Waals surface area (Å²) < 4.78 is 2.19. The van der Waals surface area contributed by atoms with Crippen LogP contribution in [0.1, 0.15) is 16.0 Å². The summed E-state index contributed by atoms with van der Waals surface area (Å²) in [5, 5.41) is 4.94. The van der Waals surface area contributed by atoms with Crippen LogP contribution in [0.25, 0.3) is 10.2 Å². The zero-order chi connectivity index (χ0) is 14.3. The molecule has 0 saturated carbocycles. The molecule has 1 N–H and O–H groups in total. The van der Waals surface area contributed by atoms with E-state index in [9.17, 15) is 4.79 Å². The molecular formula is C14H14N2OS3. The monoisotopic (exact) mass is 322 g/mol. The normalized spacial score (nSPS) is 11.3. The molecule has 3 rings (SSSR count). The Balaban J connectivity index is 2.09. The SMILES string of the molecule is Cc1sc2[nH]c(=S)n(CCc3ccsc3)c(=O)c2c1C. The minimum Gasteiger partial charge on any atom is -0.323 e. The molecule has 0 aromatic carbocycles. The molecule has 0 saturated heterocycles. The molecule has 6 heteroatoms. The lowest BCUT2D eigenvalue weighted by Gasteiger charge is -2.06. The van der Waals surface area contributed by atoms with E-state index in [-0.39, 0.29) is 5.56 Å². The van der Waals surface area contributed by atoms with Gasteiger partial charge in [-0.25, -0.2) is 0 Å². The second-order valence-electron chi connectivity index (χ2n) is 4.76. The van der Waals surface area contributed by atoms with E-state index < -0.39 is 0 Å². The number of rotatable bonds is 3. The van der Waals surface area contributed by atoms with Crippen molar-refractivity contribution in [3.05, 3.63) is 48.0 Å². The van der Waals surface area contributed by atoms with Crippen molar-refractivity contribution in [2.45, 2.75) is 26.8 Å². The van der Waals surface area contributed by atoms with Crippen LogP contribution in [-0.4, -0.2) is 9.55 Å². The summed E-state index contributed by atoms with van der Waals surface area (Å²) >= 11 is 8.60. The number of hydrogen-bond donors (Lipinski definition) is 1. The fourth-order valence-electron chi connectivity index (χ4n) is 2.24. The predicted octanol–water partition coefficient (Wildman–Crippen LogP) is 4.04. The van der Waals surface area contributed by atoms with Gasteiger partial charge in [0.15, 0.2) is 4.77 Å². The van der Waals surface area contributed by atoms with Crippen LogP contribution in [0.3, 0.4) is 0 Å². The molecule has 0 atom stereocenters. The molecular weight excluding hydrogens is 308 g/mol. The van der Waals surface area contributed by atoms with Gasteiger partial charge in [0, 0.05) is 11.4 Å². The third-order valence-corrected chi connectivity index (χ3v) is 5.69. The highest BCUT2D eigenvalue weighted by Crippen LogP contribution is 2.25. The van der Waals surface area contributed by atoms with E-state index in [0.29, 0.717) is 11.3 Å². The van der Waals surface area contributed by atoms with Crippen molar-refractivity contribution < 1.29 is 0 Å². The highest BCUT2D eigenvalue weighted by Gasteiger charge is 2.12. The van der Waals surface area contributed by atoms with Crippen molar-refractivity contribution in [2.24, 2.45) is 0 Å². The predicted molar refractivity (Wildman–Crippen MR) is 88.8 cm³/mol. The first-order chi connectivity index (χ1) is 9.58.